The van der Waals surface area contributed by atoms with Crippen molar-refractivity contribution < 1.29 is 19.1 Å². The van der Waals surface area contributed by atoms with Gasteiger partial charge >= 0.3 is 5.97 Å². The van der Waals surface area contributed by atoms with Gasteiger partial charge in [0.05, 0.1) is 34.4 Å². The van der Waals surface area contributed by atoms with E-state index in [4.69, 9.17) is 9.47 Å². The summed E-state index contributed by atoms with van der Waals surface area (Å²) in [6.45, 7) is 0. The molecule has 0 spiro atoms. The van der Waals surface area contributed by atoms with E-state index in [1.165, 1.54) is 13.3 Å². The molecule has 0 unspecified atom stereocenters. The van der Waals surface area contributed by atoms with Gasteiger partial charge < -0.3 is 14.5 Å². The van der Waals surface area contributed by atoms with Crippen LogP contribution in [0.25, 0.3) is 22.0 Å². The summed E-state index contributed by atoms with van der Waals surface area (Å²) in [7, 11) is 1.51. The number of hydrogen-bond acceptors (Lipinski definition) is 6. The molecule has 0 aliphatic heterocycles. The van der Waals surface area contributed by atoms with E-state index in [9.17, 15) is 14.9 Å². The highest BCUT2D eigenvalue weighted by Gasteiger charge is 2.21. The number of H-pyrrole nitrogens is 1. The smallest absolute Gasteiger partial charge is 0.343 e. The van der Waals surface area contributed by atoms with Gasteiger partial charge in [-0.15, -0.1) is 0 Å². The predicted octanol–water partition coefficient (Wildman–Crippen LogP) is 7.22. The Kier molecular flexibility index (Phi) is 8.29. The van der Waals surface area contributed by atoms with Gasteiger partial charge in [-0.05, 0) is 57.9 Å². The Morgan fingerprint density at radius 2 is 1.78 bits per heavy atom. The number of aromatic nitrogens is 1. The zero-order valence-electron chi connectivity index (χ0n) is 21.4. The SMILES string of the molecule is COc1cccc(C(=O)Oc2c(Br)cc(Br)cc2C=NNC(=O)c2[nH]c3c(C#N)cccc3c2-c2ccccc2)c1. The second-order valence-corrected chi connectivity index (χ2v) is 10.5. The zero-order chi connectivity index (χ0) is 28.9. The molecule has 1 heterocycles. The van der Waals surface area contributed by atoms with E-state index in [0.29, 0.717) is 42.5 Å². The van der Waals surface area contributed by atoms with Crippen molar-refractivity contribution in [3.8, 4) is 28.7 Å². The molecule has 41 heavy (non-hydrogen) atoms. The molecule has 8 nitrogen and oxygen atoms in total. The lowest BCUT2D eigenvalue weighted by Gasteiger charge is -2.11. The standard InChI is InChI=1S/C31H20Br2N4O4/c1-40-23-11-5-9-19(14-23)31(39)41-29-21(13-22(32)15-25(29)33)17-35-37-30(38)28-26(18-7-3-2-4-8-18)24-12-6-10-20(16-34)27(24)36-28/h2-15,17,36H,1H3,(H,37,38). The number of carbonyl (C=O) groups is 2. The molecule has 0 aliphatic carbocycles. The molecule has 202 valence electrons. The van der Waals surface area contributed by atoms with Crippen LogP contribution in [0, 0.1) is 11.3 Å². The summed E-state index contributed by atoms with van der Waals surface area (Å²) >= 11 is 6.88. The Hall–Kier alpha value is -4.72. The molecule has 10 heteroatoms. The lowest BCUT2D eigenvalue weighted by atomic mass is 10.0. The van der Waals surface area contributed by atoms with Crippen LogP contribution in [0.2, 0.25) is 0 Å². The van der Waals surface area contributed by atoms with Crippen molar-refractivity contribution in [1.82, 2.24) is 10.4 Å². The molecule has 0 bridgehead atoms. The zero-order valence-corrected chi connectivity index (χ0v) is 24.6. The van der Waals surface area contributed by atoms with Crippen LogP contribution in [0.4, 0.5) is 0 Å². The van der Waals surface area contributed by atoms with E-state index in [1.54, 1.807) is 48.5 Å². The molecule has 5 rings (SSSR count). The average Bonchev–Trinajstić information content (AvgIpc) is 3.39. The number of para-hydroxylation sites is 1. The minimum Gasteiger partial charge on any atom is -0.497 e. The van der Waals surface area contributed by atoms with Crippen molar-refractivity contribution in [2.24, 2.45) is 5.10 Å². The maximum atomic E-state index is 13.4. The number of carbonyl (C=O) groups excluding carboxylic acids is 2. The first-order valence-electron chi connectivity index (χ1n) is 12.2. The summed E-state index contributed by atoms with van der Waals surface area (Å²) in [5.41, 5.74) is 5.98. The number of hydrogen-bond donors (Lipinski definition) is 2. The number of methoxy groups -OCH3 is 1. The second kappa shape index (κ2) is 12.2. The number of aromatic amines is 1. The molecule has 4 aromatic carbocycles. The first-order chi connectivity index (χ1) is 19.9. The third-order valence-electron chi connectivity index (χ3n) is 6.15. The number of halogens is 2. The first kappa shape index (κ1) is 27.8. The van der Waals surface area contributed by atoms with E-state index in [1.807, 2.05) is 36.4 Å². The minimum absolute atomic E-state index is 0.216. The third kappa shape index (κ3) is 5.91. The van der Waals surface area contributed by atoms with Gasteiger partial charge in [0.2, 0.25) is 0 Å². The van der Waals surface area contributed by atoms with Gasteiger partial charge in [0, 0.05) is 21.0 Å². The van der Waals surface area contributed by atoms with Gasteiger partial charge in [-0.25, -0.2) is 10.2 Å². The molecule has 1 aromatic heterocycles. The van der Waals surface area contributed by atoms with Crippen molar-refractivity contribution in [1.29, 1.82) is 5.26 Å². The fraction of sp³-hybridized carbons (Fsp3) is 0.0323. The molecule has 0 radical (unpaired) electrons. The van der Waals surface area contributed by atoms with E-state index in [2.05, 4.69) is 53.4 Å². The van der Waals surface area contributed by atoms with Crippen LogP contribution in [0.3, 0.4) is 0 Å². The third-order valence-corrected chi connectivity index (χ3v) is 7.20. The molecular weight excluding hydrogens is 652 g/mol. The number of hydrazone groups is 1. The van der Waals surface area contributed by atoms with Crippen molar-refractivity contribution >= 4 is 60.9 Å². The van der Waals surface area contributed by atoms with Crippen LogP contribution in [0.1, 0.15) is 32.0 Å². The maximum absolute atomic E-state index is 13.4. The highest BCUT2D eigenvalue weighted by atomic mass is 79.9. The number of amides is 1. The maximum Gasteiger partial charge on any atom is 0.343 e. The monoisotopic (exact) mass is 670 g/mol. The highest BCUT2D eigenvalue weighted by molar-refractivity contribution is 9.11. The topological polar surface area (TPSA) is 117 Å². The number of nitriles is 1. The van der Waals surface area contributed by atoms with Crippen molar-refractivity contribution in [2.75, 3.05) is 7.11 Å². The van der Waals surface area contributed by atoms with Crippen molar-refractivity contribution in [2.45, 2.75) is 0 Å². The summed E-state index contributed by atoms with van der Waals surface area (Å²) in [4.78, 5) is 29.4. The Balaban J connectivity index is 1.45. The van der Waals surface area contributed by atoms with Crippen LogP contribution in [-0.2, 0) is 0 Å². The van der Waals surface area contributed by atoms with E-state index < -0.39 is 11.9 Å². The van der Waals surface area contributed by atoms with Crippen LogP contribution >= 0.6 is 31.9 Å². The van der Waals surface area contributed by atoms with Crippen LogP contribution in [0.5, 0.6) is 11.5 Å². The largest absolute Gasteiger partial charge is 0.497 e. The van der Waals surface area contributed by atoms with Gasteiger partial charge in [-0.2, -0.15) is 10.4 Å². The molecule has 0 fully saturated rings. The Morgan fingerprint density at radius 3 is 2.54 bits per heavy atom. The Bertz CT molecular complexity index is 1860. The number of rotatable bonds is 7. The molecule has 0 aliphatic rings. The van der Waals surface area contributed by atoms with Crippen molar-refractivity contribution in [3.63, 3.8) is 0 Å². The number of ether oxygens (including phenoxy) is 2. The highest BCUT2D eigenvalue weighted by Crippen LogP contribution is 2.35. The van der Waals surface area contributed by atoms with E-state index >= 15 is 0 Å². The summed E-state index contributed by atoms with van der Waals surface area (Å²) in [6.07, 6.45) is 1.38. The number of esters is 1. The fourth-order valence-electron chi connectivity index (χ4n) is 4.29. The lowest BCUT2D eigenvalue weighted by molar-refractivity contribution is 0.0732. The summed E-state index contributed by atoms with van der Waals surface area (Å²) in [5, 5.41) is 14.5. The van der Waals surface area contributed by atoms with E-state index in [0.717, 1.165) is 10.9 Å². The molecule has 0 saturated carbocycles. The number of nitrogens with zero attached hydrogens (tertiary/aromatic N) is 2. The molecule has 5 aromatic rings. The van der Waals surface area contributed by atoms with E-state index in [-0.39, 0.29) is 11.4 Å². The summed E-state index contributed by atoms with van der Waals surface area (Å²) < 4.78 is 12.1. The molecule has 1 amide bonds. The Labute approximate surface area is 251 Å². The molecule has 2 N–H and O–H groups in total. The van der Waals surface area contributed by atoms with Crippen LogP contribution in [-0.4, -0.2) is 30.2 Å². The quantitative estimate of drug-likeness (QED) is 0.0820. The number of benzene rings is 4. The average molecular weight is 672 g/mol. The normalized spacial score (nSPS) is 10.9. The Morgan fingerprint density at radius 1 is 1.00 bits per heavy atom. The van der Waals surface area contributed by atoms with Gasteiger partial charge in [-0.3, -0.25) is 4.79 Å². The number of fused-ring (bicyclic) bond motifs is 1. The molecular formula is C31H20Br2N4O4. The van der Waals surface area contributed by atoms with Crippen LogP contribution < -0.4 is 14.9 Å². The summed E-state index contributed by atoms with van der Waals surface area (Å²) in [6, 6.07) is 27.0. The minimum atomic E-state index is -0.593. The molecule has 0 atom stereocenters. The fourth-order valence-corrected chi connectivity index (χ4v) is 5.63. The van der Waals surface area contributed by atoms with Crippen LogP contribution in [0.15, 0.2) is 99.0 Å². The second-order valence-electron chi connectivity index (χ2n) is 8.71. The van der Waals surface area contributed by atoms with Gasteiger partial charge in [-0.1, -0.05) is 64.5 Å². The first-order valence-corrected chi connectivity index (χ1v) is 13.8. The van der Waals surface area contributed by atoms with Crippen molar-refractivity contribution in [3.05, 3.63) is 116 Å². The van der Waals surface area contributed by atoms with Gasteiger partial charge in [0.1, 0.15) is 17.5 Å². The molecule has 0 saturated heterocycles. The summed E-state index contributed by atoms with van der Waals surface area (Å²) in [5.74, 6) is -0.366. The predicted molar refractivity (Wildman–Crippen MR) is 163 cm³/mol. The number of nitrogens with one attached hydrogen (secondary N) is 2. The van der Waals surface area contributed by atoms with Gasteiger partial charge in [0.25, 0.3) is 5.91 Å². The lowest BCUT2D eigenvalue weighted by Crippen LogP contribution is -2.19. The van der Waals surface area contributed by atoms with Gasteiger partial charge in [0.15, 0.2) is 5.75 Å².